The summed E-state index contributed by atoms with van der Waals surface area (Å²) in [6.07, 6.45) is 3.57. The monoisotopic (exact) mass is 306 g/mol. The van der Waals surface area contributed by atoms with Crippen LogP contribution in [0.15, 0.2) is 0 Å². The van der Waals surface area contributed by atoms with E-state index in [4.69, 9.17) is 0 Å². The molecule has 0 radical (unpaired) electrons. The minimum Gasteiger partial charge on any atom is -0.299 e. The van der Waals surface area contributed by atoms with Crippen molar-refractivity contribution in [1.29, 1.82) is 0 Å². The van der Waals surface area contributed by atoms with E-state index < -0.39 is 0 Å². The molecule has 3 heteroatoms. The lowest BCUT2D eigenvalue weighted by atomic mass is 9.55. The van der Waals surface area contributed by atoms with Crippen LogP contribution in [-0.4, -0.2) is 15.4 Å². The van der Waals surface area contributed by atoms with Crippen molar-refractivity contribution in [3.05, 3.63) is 0 Å². The van der Waals surface area contributed by atoms with Crippen LogP contribution in [0.1, 0.15) is 19.3 Å². The zero-order chi connectivity index (χ0) is 9.16. The second-order valence-corrected chi connectivity index (χ2v) is 6.85. The molecular weight excluding hydrogens is 296 g/mol. The fourth-order valence-electron chi connectivity index (χ4n) is 3.49. The standard InChI is InChI=1S/C10H12Br2O/c11-8-4-1-5-3-7(8)10(13)6(2-4)9(5)12/h4-9H,1-3H2/t4?,5?,6?,7?,8-,9-/m0/s1. The summed E-state index contributed by atoms with van der Waals surface area (Å²) in [5.41, 5.74) is 0. The Balaban J connectivity index is 1.99. The highest BCUT2D eigenvalue weighted by Gasteiger charge is 2.56. The van der Waals surface area contributed by atoms with Gasteiger partial charge in [0.05, 0.1) is 0 Å². The smallest absolute Gasteiger partial charge is 0.141 e. The topological polar surface area (TPSA) is 17.1 Å². The average Bonchev–Trinajstić information content (AvgIpc) is 2.10. The minimum atomic E-state index is 0.344. The number of ketones is 1. The lowest BCUT2D eigenvalue weighted by Gasteiger charge is -2.53. The molecule has 4 aliphatic rings. The molecule has 0 saturated heterocycles. The first-order valence-electron chi connectivity index (χ1n) is 5.00. The van der Waals surface area contributed by atoms with E-state index in [2.05, 4.69) is 31.9 Å². The van der Waals surface area contributed by atoms with E-state index in [1.54, 1.807) is 0 Å². The number of carbonyl (C=O) groups is 1. The summed E-state index contributed by atoms with van der Waals surface area (Å²) in [5, 5.41) is 0. The lowest BCUT2D eigenvalue weighted by Crippen LogP contribution is -2.56. The van der Waals surface area contributed by atoms with Crippen LogP contribution < -0.4 is 0 Å². The van der Waals surface area contributed by atoms with Gasteiger partial charge in [0.25, 0.3) is 0 Å². The van der Waals surface area contributed by atoms with Crippen molar-refractivity contribution in [3.63, 3.8) is 0 Å². The molecule has 1 nitrogen and oxygen atoms in total. The molecule has 4 bridgehead atoms. The zero-order valence-corrected chi connectivity index (χ0v) is 10.4. The molecule has 4 aliphatic carbocycles. The quantitative estimate of drug-likeness (QED) is 0.629. The van der Waals surface area contributed by atoms with Gasteiger partial charge in [0.2, 0.25) is 0 Å². The Labute approximate surface area is 94.9 Å². The molecular formula is C10H12Br2O. The number of Topliss-reactive ketones (excluding diaryl/α,β-unsaturated/α-hetero) is 1. The summed E-state index contributed by atoms with van der Waals surface area (Å²) in [7, 11) is 0. The van der Waals surface area contributed by atoms with Crippen LogP contribution in [0.25, 0.3) is 0 Å². The third-order valence-electron chi connectivity index (χ3n) is 4.12. The number of rotatable bonds is 0. The molecule has 0 aliphatic heterocycles. The Morgan fingerprint density at radius 2 is 1.38 bits per heavy atom. The van der Waals surface area contributed by atoms with Crippen molar-refractivity contribution >= 4 is 37.6 Å². The van der Waals surface area contributed by atoms with E-state index in [0.29, 0.717) is 27.3 Å². The van der Waals surface area contributed by atoms with E-state index in [9.17, 15) is 4.79 Å². The molecule has 13 heavy (non-hydrogen) atoms. The second-order valence-electron chi connectivity index (χ2n) is 4.73. The Morgan fingerprint density at radius 1 is 0.923 bits per heavy atom. The first-order valence-corrected chi connectivity index (χ1v) is 6.83. The van der Waals surface area contributed by atoms with Gasteiger partial charge >= 0.3 is 0 Å². The average molecular weight is 308 g/mol. The summed E-state index contributed by atoms with van der Waals surface area (Å²) in [6.45, 7) is 0. The SMILES string of the molecule is O=C1C2CC3CC(CC1[C@H]3Br)[C@@H]2Br. The third-order valence-corrected chi connectivity index (χ3v) is 6.89. The van der Waals surface area contributed by atoms with E-state index in [0.717, 1.165) is 24.7 Å². The van der Waals surface area contributed by atoms with Gasteiger partial charge in [-0.25, -0.2) is 0 Å². The largest absolute Gasteiger partial charge is 0.299 e. The summed E-state index contributed by atoms with van der Waals surface area (Å²) in [4.78, 5) is 12.9. The maximum Gasteiger partial charge on any atom is 0.141 e. The number of halogens is 2. The second kappa shape index (κ2) is 2.82. The van der Waals surface area contributed by atoms with Crippen LogP contribution in [0.5, 0.6) is 0 Å². The molecule has 0 N–H and O–H groups in total. The molecule has 0 amide bonds. The molecule has 0 aromatic carbocycles. The van der Waals surface area contributed by atoms with Crippen LogP contribution in [0.4, 0.5) is 0 Å². The van der Waals surface area contributed by atoms with Gasteiger partial charge in [0, 0.05) is 21.5 Å². The predicted octanol–water partition coefficient (Wildman–Crippen LogP) is 2.76. The number of hydrogen-bond acceptors (Lipinski definition) is 1. The molecule has 4 fully saturated rings. The third kappa shape index (κ3) is 1.06. The van der Waals surface area contributed by atoms with E-state index in [-0.39, 0.29) is 0 Å². The van der Waals surface area contributed by atoms with Crippen molar-refractivity contribution in [2.75, 3.05) is 0 Å². The van der Waals surface area contributed by atoms with Crippen LogP contribution in [-0.2, 0) is 4.79 Å². The highest BCUT2D eigenvalue weighted by Crippen LogP contribution is 2.56. The molecule has 4 rings (SSSR count). The van der Waals surface area contributed by atoms with Crippen molar-refractivity contribution in [2.45, 2.75) is 28.9 Å². The predicted molar refractivity (Wildman–Crippen MR) is 58.2 cm³/mol. The summed E-state index contributed by atoms with van der Waals surface area (Å²) in [6, 6.07) is 0. The fourth-order valence-corrected chi connectivity index (χ4v) is 5.31. The lowest BCUT2D eigenvalue weighted by molar-refractivity contribution is -0.138. The first-order chi connectivity index (χ1) is 6.18. The number of alkyl halides is 2. The molecule has 0 heterocycles. The van der Waals surface area contributed by atoms with Gasteiger partial charge in [-0.2, -0.15) is 0 Å². The molecule has 4 unspecified atom stereocenters. The van der Waals surface area contributed by atoms with Gasteiger partial charge in [-0.1, -0.05) is 31.9 Å². The van der Waals surface area contributed by atoms with Gasteiger partial charge in [-0.15, -0.1) is 0 Å². The Kier molecular flexibility index (Phi) is 1.93. The van der Waals surface area contributed by atoms with Gasteiger partial charge in [0.1, 0.15) is 5.78 Å². The fraction of sp³-hybridized carbons (Fsp3) is 0.900. The van der Waals surface area contributed by atoms with E-state index in [1.165, 1.54) is 6.42 Å². The van der Waals surface area contributed by atoms with Crippen molar-refractivity contribution in [2.24, 2.45) is 23.7 Å². The van der Waals surface area contributed by atoms with Gasteiger partial charge in [-0.3, -0.25) is 4.79 Å². The van der Waals surface area contributed by atoms with E-state index >= 15 is 0 Å². The van der Waals surface area contributed by atoms with Crippen molar-refractivity contribution in [1.82, 2.24) is 0 Å². The van der Waals surface area contributed by atoms with Gasteiger partial charge in [-0.05, 0) is 31.1 Å². The van der Waals surface area contributed by atoms with Crippen LogP contribution in [0.2, 0.25) is 0 Å². The Hall–Kier alpha value is 0.630. The van der Waals surface area contributed by atoms with E-state index in [1.807, 2.05) is 0 Å². The molecule has 0 spiro atoms. The maximum atomic E-state index is 11.9. The minimum absolute atomic E-state index is 0.344. The zero-order valence-electron chi connectivity index (χ0n) is 7.25. The Bertz CT molecular complexity index is 242. The molecule has 72 valence electrons. The van der Waals surface area contributed by atoms with Crippen LogP contribution >= 0.6 is 31.9 Å². The van der Waals surface area contributed by atoms with Crippen LogP contribution in [0.3, 0.4) is 0 Å². The van der Waals surface area contributed by atoms with Gasteiger partial charge < -0.3 is 0 Å². The summed E-state index contributed by atoms with van der Waals surface area (Å²) in [5.74, 6) is 2.77. The van der Waals surface area contributed by atoms with Crippen molar-refractivity contribution in [3.8, 4) is 0 Å². The van der Waals surface area contributed by atoms with Crippen LogP contribution in [0, 0.1) is 23.7 Å². The Morgan fingerprint density at radius 3 is 1.85 bits per heavy atom. The highest BCUT2D eigenvalue weighted by atomic mass is 79.9. The normalized spacial score (nSPS) is 58.8. The molecule has 4 saturated carbocycles. The van der Waals surface area contributed by atoms with Gasteiger partial charge in [0.15, 0.2) is 0 Å². The first kappa shape index (κ1) is 8.90. The van der Waals surface area contributed by atoms with Crippen molar-refractivity contribution < 1.29 is 4.79 Å². The number of hydrogen-bond donors (Lipinski definition) is 0. The summed E-state index contributed by atoms with van der Waals surface area (Å²) < 4.78 is 0. The molecule has 6 atom stereocenters. The highest BCUT2D eigenvalue weighted by molar-refractivity contribution is 9.09. The molecule has 0 aromatic heterocycles. The maximum absolute atomic E-state index is 11.9. The summed E-state index contributed by atoms with van der Waals surface area (Å²) >= 11 is 7.41. The number of carbonyl (C=O) groups excluding carboxylic acids is 1. The molecule has 0 aromatic rings.